The molecule has 0 aliphatic heterocycles. The third-order valence-electron chi connectivity index (χ3n) is 4.73. The summed E-state index contributed by atoms with van der Waals surface area (Å²) in [5, 5.41) is 4.48. The first-order valence-corrected chi connectivity index (χ1v) is 11.8. The van der Waals surface area contributed by atoms with Crippen molar-refractivity contribution in [1.82, 2.24) is 10.3 Å². The monoisotopic (exact) mass is 485 g/mol. The molecular weight excluding hydrogens is 469 g/mol. The van der Waals surface area contributed by atoms with Crippen LogP contribution < -0.4 is 10.0 Å². The molecule has 9 heteroatoms. The average Bonchev–Trinajstić information content (AvgIpc) is 2.77. The highest BCUT2D eigenvalue weighted by atomic mass is 35.5. The fraction of sp³-hybridized carbons (Fsp3) is 0.0435. The molecule has 162 valence electrons. The Labute approximate surface area is 195 Å². The Balaban J connectivity index is 1.65. The topological polar surface area (TPSA) is 88.2 Å². The number of amides is 1. The zero-order chi connectivity index (χ0) is 22.7. The Morgan fingerprint density at radius 1 is 0.906 bits per heavy atom. The Morgan fingerprint density at radius 3 is 2.34 bits per heavy atom. The second kappa shape index (κ2) is 9.16. The maximum Gasteiger partial charge on any atom is 0.262 e. The number of fused-ring (bicyclic) bond motifs is 1. The van der Waals surface area contributed by atoms with Crippen molar-refractivity contribution in [3.8, 4) is 0 Å². The van der Waals surface area contributed by atoms with E-state index in [1.165, 1.54) is 18.2 Å². The molecule has 2 N–H and O–H groups in total. The number of anilines is 1. The van der Waals surface area contributed by atoms with E-state index < -0.39 is 10.0 Å². The lowest BCUT2D eigenvalue weighted by atomic mass is 10.0. The molecule has 0 unspecified atom stereocenters. The van der Waals surface area contributed by atoms with Gasteiger partial charge in [0.05, 0.1) is 10.6 Å². The molecular formula is C23H17Cl2N3O3S. The van der Waals surface area contributed by atoms with Crippen molar-refractivity contribution >= 4 is 55.6 Å². The van der Waals surface area contributed by atoms with Crippen molar-refractivity contribution in [3.63, 3.8) is 0 Å². The van der Waals surface area contributed by atoms with Gasteiger partial charge in [0.15, 0.2) is 0 Å². The third kappa shape index (κ3) is 4.85. The number of carbonyl (C=O) groups excluding carboxylic acids is 1. The Bertz CT molecular complexity index is 1390. The van der Waals surface area contributed by atoms with Crippen LogP contribution in [0.4, 0.5) is 5.69 Å². The van der Waals surface area contributed by atoms with Crippen LogP contribution in [0.5, 0.6) is 0 Å². The minimum atomic E-state index is -3.96. The van der Waals surface area contributed by atoms with Crippen molar-refractivity contribution in [2.75, 3.05) is 4.72 Å². The zero-order valence-corrected chi connectivity index (χ0v) is 18.9. The number of hydrogen-bond donors (Lipinski definition) is 2. The number of benzene rings is 3. The summed E-state index contributed by atoms with van der Waals surface area (Å²) in [7, 11) is -3.96. The third-order valence-corrected chi connectivity index (χ3v) is 6.51. The van der Waals surface area contributed by atoms with Crippen LogP contribution in [0.2, 0.25) is 10.0 Å². The number of nitrogens with one attached hydrogen (secondary N) is 2. The minimum absolute atomic E-state index is 0.0580. The highest BCUT2D eigenvalue weighted by Crippen LogP contribution is 2.29. The summed E-state index contributed by atoms with van der Waals surface area (Å²) in [4.78, 5) is 16.8. The number of hydrogen-bond acceptors (Lipinski definition) is 4. The van der Waals surface area contributed by atoms with E-state index in [4.69, 9.17) is 23.2 Å². The molecule has 0 saturated heterocycles. The molecule has 0 bridgehead atoms. The summed E-state index contributed by atoms with van der Waals surface area (Å²) < 4.78 is 28.4. The lowest BCUT2D eigenvalue weighted by Crippen LogP contribution is -2.23. The highest BCUT2D eigenvalue weighted by molar-refractivity contribution is 7.92. The summed E-state index contributed by atoms with van der Waals surface area (Å²) in [6, 6.07) is 18.0. The SMILES string of the molecule is O=C(NCc1cccnc1)c1cccc2c(NS(=O)(=O)c3cc(Cl)cc(Cl)c3)cccc12. The highest BCUT2D eigenvalue weighted by Gasteiger charge is 2.18. The number of pyridine rings is 1. The van der Waals surface area contributed by atoms with Crippen molar-refractivity contribution in [3.05, 3.63) is 100 Å². The average molecular weight is 486 g/mol. The van der Waals surface area contributed by atoms with E-state index in [0.717, 1.165) is 5.56 Å². The van der Waals surface area contributed by atoms with Crippen LogP contribution in [0.3, 0.4) is 0 Å². The van der Waals surface area contributed by atoms with E-state index in [2.05, 4.69) is 15.0 Å². The maximum atomic E-state index is 12.9. The Hall–Kier alpha value is -3.13. The normalized spacial score (nSPS) is 11.3. The largest absolute Gasteiger partial charge is 0.348 e. The number of halogens is 2. The molecule has 0 atom stereocenters. The smallest absolute Gasteiger partial charge is 0.262 e. The van der Waals surface area contributed by atoms with Gasteiger partial charge in [0.2, 0.25) is 0 Å². The van der Waals surface area contributed by atoms with Crippen LogP contribution in [0.15, 0.2) is 84.0 Å². The second-order valence-corrected chi connectivity index (χ2v) is 9.52. The van der Waals surface area contributed by atoms with E-state index in [9.17, 15) is 13.2 Å². The Kier molecular flexibility index (Phi) is 6.32. The van der Waals surface area contributed by atoms with Gasteiger partial charge in [-0.2, -0.15) is 0 Å². The molecule has 1 aromatic heterocycles. The van der Waals surface area contributed by atoms with E-state index in [1.807, 2.05) is 6.07 Å². The first-order chi connectivity index (χ1) is 15.3. The summed E-state index contributed by atoms with van der Waals surface area (Å²) in [6.45, 7) is 0.324. The van der Waals surface area contributed by atoms with E-state index in [1.54, 1.807) is 54.9 Å². The van der Waals surface area contributed by atoms with Gasteiger partial charge in [0.25, 0.3) is 15.9 Å². The van der Waals surface area contributed by atoms with Gasteiger partial charge in [0, 0.05) is 39.9 Å². The van der Waals surface area contributed by atoms with Crippen molar-refractivity contribution in [2.45, 2.75) is 11.4 Å². The predicted octanol–water partition coefficient (Wildman–Crippen LogP) is 5.27. The summed E-state index contributed by atoms with van der Waals surface area (Å²) in [5.74, 6) is -0.277. The molecule has 0 aliphatic carbocycles. The summed E-state index contributed by atoms with van der Waals surface area (Å²) in [5.41, 5.74) is 1.63. The molecule has 0 fully saturated rings. The molecule has 4 rings (SSSR count). The fourth-order valence-electron chi connectivity index (χ4n) is 3.26. The molecule has 3 aromatic carbocycles. The Morgan fingerprint density at radius 2 is 1.62 bits per heavy atom. The van der Waals surface area contributed by atoms with E-state index >= 15 is 0 Å². The van der Waals surface area contributed by atoms with Gasteiger partial charge in [-0.25, -0.2) is 8.42 Å². The maximum absolute atomic E-state index is 12.9. The molecule has 1 heterocycles. The van der Waals surface area contributed by atoms with Crippen LogP contribution in [-0.2, 0) is 16.6 Å². The summed E-state index contributed by atoms with van der Waals surface area (Å²) >= 11 is 11.9. The number of rotatable bonds is 6. The van der Waals surface area contributed by atoms with Crippen LogP contribution >= 0.6 is 23.2 Å². The number of aromatic nitrogens is 1. The molecule has 32 heavy (non-hydrogen) atoms. The van der Waals surface area contributed by atoms with Crippen LogP contribution in [0.1, 0.15) is 15.9 Å². The van der Waals surface area contributed by atoms with Gasteiger partial charge in [-0.1, -0.05) is 53.5 Å². The van der Waals surface area contributed by atoms with Gasteiger partial charge < -0.3 is 5.32 Å². The second-order valence-electron chi connectivity index (χ2n) is 6.96. The van der Waals surface area contributed by atoms with Gasteiger partial charge in [0.1, 0.15) is 0 Å². The number of carbonyl (C=O) groups is 1. The lowest BCUT2D eigenvalue weighted by Gasteiger charge is -2.13. The van der Waals surface area contributed by atoms with Crippen LogP contribution in [0, 0.1) is 0 Å². The standard InChI is InChI=1S/C23H17Cl2N3O3S/c24-16-10-17(25)12-18(11-16)32(30,31)28-22-8-2-5-19-20(22)6-1-7-21(19)23(29)27-14-15-4-3-9-26-13-15/h1-13,28H,14H2,(H,27,29). The van der Waals surface area contributed by atoms with E-state index in [0.29, 0.717) is 28.6 Å². The molecule has 0 spiro atoms. The van der Waals surface area contributed by atoms with Crippen LogP contribution in [0.25, 0.3) is 10.8 Å². The molecule has 1 amide bonds. The van der Waals surface area contributed by atoms with Gasteiger partial charge in [-0.05, 0) is 47.3 Å². The number of nitrogens with zero attached hydrogens (tertiary/aromatic N) is 1. The van der Waals surface area contributed by atoms with Crippen molar-refractivity contribution in [1.29, 1.82) is 0 Å². The first-order valence-electron chi connectivity index (χ1n) is 9.51. The fourth-order valence-corrected chi connectivity index (χ4v) is 5.07. The molecule has 4 aromatic rings. The van der Waals surface area contributed by atoms with Gasteiger partial charge >= 0.3 is 0 Å². The first kappa shape index (κ1) is 22.1. The predicted molar refractivity (Wildman–Crippen MR) is 127 cm³/mol. The zero-order valence-electron chi connectivity index (χ0n) is 16.5. The minimum Gasteiger partial charge on any atom is -0.348 e. The van der Waals surface area contributed by atoms with Crippen molar-refractivity contribution < 1.29 is 13.2 Å². The quantitative estimate of drug-likeness (QED) is 0.389. The van der Waals surface area contributed by atoms with Crippen LogP contribution in [-0.4, -0.2) is 19.3 Å². The van der Waals surface area contributed by atoms with Gasteiger partial charge in [-0.15, -0.1) is 0 Å². The molecule has 0 saturated carbocycles. The molecule has 0 radical (unpaired) electrons. The molecule has 0 aliphatic rings. The summed E-state index contributed by atoms with van der Waals surface area (Å²) in [6.07, 6.45) is 3.34. The lowest BCUT2D eigenvalue weighted by molar-refractivity contribution is 0.0952. The van der Waals surface area contributed by atoms with Gasteiger partial charge in [-0.3, -0.25) is 14.5 Å². The molecule has 6 nitrogen and oxygen atoms in total. The van der Waals surface area contributed by atoms with Crippen molar-refractivity contribution in [2.24, 2.45) is 0 Å². The van der Waals surface area contributed by atoms with E-state index in [-0.39, 0.29) is 20.8 Å². The number of sulfonamides is 1.